The topological polar surface area (TPSA) is 68.1 Å². The van der Waals surface area contributed by atoms with Gasteiger partial charge in [0.1, 0.15) is 0 Å². The molecule has 0 bridgehead atoms. The van der Waals surface area contributed by atoms with Crippen LogP contribution in [-0.4, -0.2) is 24.1 Å². The molecule has 0 saturated carbocycles. The Bertz CT molecular complexity index is 779. The van der Waals surface area contributed by atoms with Crippen molar-refractivity contribution < 1.29 is 19.4 Å². The molecular weight excluding hydrogens is 282 g/mol. The summed E-state index contributed by atoms with van der Waals surface area (Å²) in [4.78, 5) is 16.1. The van der Waals surface area contributed by atoms with Crippen LogP contribution < -0.4 is 4.74 Å². The van der Waals surface area contributed by atoms with E-state index in [0.717, 1.165) is 5.56 Å². The Morgan fingerprint density at radius 1 is 1.18 bits per heavy atom. The van der Waals surface area contributed by atoms with Crippen LogP contribution in [0.5, 0.6) is 11.5 Å². The Kier molecular flexibility index (Phi) is 3.62. The van der Waals surface area contributed by atoms with E-state index in [1.54, 1.807) is 18.2 Å². The van der Waals surface area contributed by atoms with Crippen molar-refractivity contribution in [3.8, 4) is 11.5 Å². The number of carbonyl (C=O) groups excluding carboxylic acids is 1. The van der Waals surface area contributed by atoms with Gasteiger partial charge in [0.25, 0.3) is 0 Å². The van der Waals surface area contributed by atoms with Crippen molar-refractivity contribution in [3.05, 3.63) is 65.4 Å². The van der Waals surface area contributed by atoms with Gasteiger partial charge in [0, 0.05) is 5.56 Å². The van der Waals surface area contributed by atoms with E-state index in [2.05, 4.69) is 4.99 Å². The van der Waals surface area contributed by atoms with Crippen molar-refractivity contribution in [1.29, 1.82) is 0 Å². The number of nitrogens with zero attached hydrogens (tertiary/aromatic N) is 1. The second-order valence-electron chi connectivity index (χ2n) is 4.63. The summed E-state index contributed by atoms with van der Waals surface area (Å²) in [6.07, 6.45) is 1.58. The molecule has 0 spiro atoms. The number of hydrogen-bond acceptors (Lipinski definition) is 5. The van der Waals surface area contributed by atoms with Crippen LogP contribution in [0, 0.1) is 0 Å². The van der Waals surface area contributed by atoms with Crippen molar-refractivity contribution >= 4 is 17.9 Å². The van der Waals surface area contributed by atoms with Gasteiger partial charge in [-0.1, -0.05) is 24.3 Å². The third kappa shape index (κ3) is 2.69. The lowest BCUT2D eigenvalue weighted by molar-refractivity contribution is -0.129. The number of cyclic esters (lactones) is 1. The second kappa shape index (κ2) is 5.73. The molecule has 0 fully saturated rings. The normalized spacial score (nSPS) is 15.6. The third-order valence-electron chi connectivity index (χ3n) is 3.15. The molecule has 1 aliphatic rings. The first-order valence-electron chi connectivity index (χ1n) is 6.62. The molecule has 0 aromatic heterocycles. The summed E-state index contributed by atoms with van der Waals surface area (Å²) in [7, 11) is 1.46. The highest BCUT2D eigenvalue weighted by atomic mass is 16.6. The highest BCUT2D eigenvalue weighted by molar-refractivity contribution is 6.12. The molecule has 0 radical (unpaired) electrons. The zero-order valence-corrected chi connectivity index (χ0v) is 11.8. The molecule has 0 atom stereocenters. The van der Waals surface area contributed by atoms with Gasteiger partial charge in [-0.3, -0.25) is 0 Å². The van der Waals surface area contributed by atoms with Gasteiger partial charge in [-0.15, -0.1) is 0 Å². The molecule has 110 valence electrons. The van der Waals surface area contributed by atoms with Crippen LogP contribution >= 0.6 is 0 Å². The number of esters is 1. The fraction of sp³-hybridized carbons (Fsp3) is 0.0588. The van der Waals surface area contributed by atoms with Gasteiger partial charge in [0.05, 0.1) is 7.11 Å². The minimum absolute atomic E-state index is 0.0344. The molecule has 3 rings (SSSR count). The zero-order chi connectivity index (χ0) is 15.5. The van der Waals surface area contributed by atoms with Gasteiger partial charge in [0.15, 0.2) is 17.2 Å². The maximum absolute atomic E-state index is 11.9. The molecule has 5 nitrogen and oxygen atoms in total. The largest absolute Gasteiger partial charge is 0.504 e. The summed E-state index contributed by atoms with van der Waals surface area (Å²) >= 11 is 0. The van der Waals surface area contributed by atoms with Gasteiger partial charge in [-0.2, -0.15) is 0 Å². The molecule has 2 aromatic rings. The molecule has 0 amide bonds. The smallest absolute Gasteiger partial charge is 0.363 e. The van der Waals surface area contributed by atoms with Crippen molar-refractivity contribution in [2.24, 2.45) is 4.99 Å². The SMILES string of the molecule is COc1cc(C=C2N=C(c3ccccc3)OC2=O)ccc1O. The number of methoxy groups -OCH3 is 1. The minimum atomic E-state index is -0.508. The molecule has 22 heavy (non-hydrogen) atoms. The van der Waals surface area contributed by atoms with Crippen LogP contribution in [0.25, 0.3) is 6.08 Å². The van der Waals surface area contributed by atoms with E-state index in [0.29, 0.717) is 11.3 Å². The Morgan fingerprint density at radius 3 is 2.68 bits per heavy atom. The van der Waals surface area contributed by atoms with E-state index in [4.69, 9.17) is 9.47 Å². The quantitative estimate of drug-likeness (QED) is 0.698. The van der Waals surface area contributed by atoms with Crippen LogP contribution in [0.1, 0.15) is 11.1 Å². The summed E-state index contributed by atoms with van der Waals surface area (Å²) < 4.78 is 10.2. The lowest BCUT2D eigenvalue weighted by Gasteiger charge is -2.03. The summed E-state index contributed by atoms with van der Waals surface area (Å²) in [6, 6.07) is 14.0. The van der Waals surface area contributed by atoms with E-state index in [1.807, 2.05) is 30.3 Å². The average molecular weight is 295 g/mol. The monoisotopic (exact) mass is 295 g/mol. The highest BCUT2D eigenvalue weighted by Gasteiger charge is 2.23. The number of phenols is 1. The summed E-state index contributed by atoms with van der Waals surface area (Å²) in [5, 5.41) is 9.57. The molecule has 5 heteroatoms. The standard InChI is InChI=1S/C17H13NO4/c1-21-15-10-11(7-8-14(15)19)9-13-17(20)22-16(18-13)12-5-3-2-4-6-12/h2-10,19H,1H3. The fourth-order valence-corrected chi connectivity index (χ4v) is 2.06. The number of aromatic hydroxyl groups is 1. The number of carbonyl (C=O) groups is 1. The number of benzene rings is 2. The lowest BCUT2D eigenvalue weighted by Crippen LogP contribution is -2.04. The lowest BCUT2D eigenvalue weighted by atomic mass is 10.1. The Labute approximate surface area is 127 Å². The van der Waals surface area contributed by atoms with Crippen LogP contribution in [-0.2, 0) is 9.53 Å². The summed E-state index contributed by atoms with van der Waals surface area (Å²) in [5.74, 6) is 0.133. The summed E-state index contributed by atoms with van der Waals surface area (Å²) in [5.41, 5.74) is 1.62. The molecule has 1 heterocycles. The Balaban J connectivity index is 1.94. The third-order valence-corrected chi connectivity index (χ3v) is 3.15. The van der Waals surface area contributed by atoms with Crippen molar-refractivity contribution in [2.45, 2.75) is 0 Å². The maximum Gasteiger partial charge on any atom is 0.363 e. The Hall–Kier alpha value is -3.08. The molecule has 2 aromatic carbocycles. The first-order chi connectivity index (χ1) is 10.7. The zero-order valence-electron chi connectivity index (χ0n) is 11.8. The van der Waals surface area contributed by atoms with Crippen LogP contribution in [0.15, 0.2) is 59.2 Å². The number of aliphatic imine (C=N–C) groups is 1. The Morgan fingerprint density at radius 2 is 1.95 bits per heavy atom. The molecule has 1 aliphatic heterocycles. The van der Waals surface area contributed by atoms with Gasteiger partial charge < -0.3 is 14.6 Å². The van der Waals surface area contributed by atoms with Crippen LogP contribution in [0.3, 0.4) is 0 Å². The number of hydrogen-bond donors (Lipinski definition) is 1. The van der Waals surface area contributed by atoms with Gasteiger partial charge in [-0.05, 0) is 35.9 Å². The molecular formula is C17H13NO4. The predicted octanol–water partition coefficient (Wildman–Crippen LogP) is 2.75. The molecule has 1 N–H and O–H groups in total. The first-order valence-corrected chi connectivity index (χ1v) is 6.62. The van der Waals surface area contributed by atoms with E-state index in [-0.39, 0.29) is 17.3 Å². The highest BCUT2D eigenvalue weighted by Crippen LogP contribution is 2.28. The van der Waals surface area contributed by atoms with E-state index in [1.165, 1.54) is 13.2 Å². The van der Waals surface area contributed by atoms with E-state index in [9.17, 15) is 9.90 Å². The molecule has 0 saturated heterocycles. The second-order valence-corrected chi connectivity index (χ2v) is 4.63. The number of phenolic OH excluding ortho intramolecular Hbond substituents is 1. The minimum Gasteiger partial charge on any atom is -0.504 e. The average Bonchev–Trinajstić information content (AvgIpc) is 2.91. The number of ether oxygens (including phenoxy) is 2. The van der Waals surface area contributed by atoms with E-state index < -0.39 is 5.97 Å². The van der Waals surface area contributed by atoms with Crippen LogP contribution in [0.2, 0.25) is 0 Å². The van der Waals surface area contributed by atoms with Gasteiger partial charge in [-0.25, -0.2) is 9.79 Å². The van der Waals surface area contributed by atoms with Crippen LogP contribution in [0.4, 0.5) is 0 Å². The van der Waals surface area contributed by atoms with E-state index >= 15 is 0 Å². The molecule has 0 aliphatic carbocycles. The van der Waals surface area contributed by atoms with Crippen molar-refractivity contribution in [3.63, 3.8) is 0 Å². The fourth-order valence-electron chi connectivity index (χ4n) is 2.06. The van der Waals surface area contributed by atoms with Gasteiger partial charge >= 0.3 is 5.97 Å². The van der Waals surface area contributed by atoms with Crippen molar-refractivity contribution in [1.82, 2.24) is 0 Å². The summed E-state index contributed by atoms with van der Waals surface area (Å²) in [6.45, 7) is 0. The molecule has 0 unspecified atom stereocenters. The van der Waals surface area contributed by atoms with Crippen molar-refractivity contribution in [2.75, 3.05) is 7.11 Å². The first kappa shape index (κ1) is 13.9. The predicted molar refractivity (Wildman–Crippen MR) is 81.7 cm³/mol. The van der Waals surface area contributed by atoms with Gasteiger partial charge in [0.2, 0.25) is 5.90 Å². The maximum atomic E-state index is 11.9. The number of rotatable bonds is 3.